The molecule has 0 aliphatic heterocycles. The van der Waals surface area contributed by atoms with Gasteiger partial charge < -0.3 is 4.74 Å². The third-order valence-electron chi connectivity index (χ3n) is 3.22. The molecule has 0 saturated heterocycles. The van der Waals surface area contributed by atoms with E-state index in [-0.39, 0.29) is 5.75 Å². The fourth-order valence-electron chi connectivity index (χ4n) is 2.13. The van der Waals surface area contributed by atoms with Crippen molar-refractivity contribution in [1.82, 2.24) is 20.2 Å². The van der Waals surface area contributed by atoms with Crippen LogP contribution in [0, 0.1) is 0 Å². The summed E-state index contributed by atoms with van der Waals surface area (Å²) in [5.74, 6) is -0.271. The Hall–Kier alpha value is -2.81. The van der Waals surface area contributed by atoms with Crippen molar-refractivity contribution in [2.45, 2.75) is 20.2 Å². The van der Waals surface area contributed by atoms with Crippen molar-refractivity contribution >= 4 is 11.8 Å². The molecule has 0 radical (unpaired) electrons. The molecule has 0 aliphatic carbocycles. The molecule has 6 nitrogen and oxygen atoms in total. The minimum absolute atomic E-state index is 0.271. The van der Waals surface area contributed by atoms with Crippen molar-refractivity contribution in [3.05, 3.63) is 53.8 Å². The highest BCUT2D eigenvalue weighted by Crippen LogP contribution is 2.24. The maximum atomic E-state index is 12.2. The molecule has 0 aliphatic rings. The van der Waals surface area contributed by atoms with Crippen molar-refractivity contribution < 1.29 is 22.7 Å². The van der Waals surface area contributed by atoms with Gasteiger partial charge in [0, 0.05) is 0 Å². The van der Waals surface area contributed by atoms with Crippen LogP contribution >= 0.6 is 0 Å². The van der Waals surface area contributed by atoms with E-state index in [9.17, 15) is 13.2 Å². The van der Waals surface area contributed by atoms with Crippen LogP contribution in [0.25, 0.3) is 11.8 Å². The number of ether oxygens (including phenoxy) is 1. The Morgan fingerprint density at radius 3 is 2.40 bits per heavy atom. The van der Waals surface area contributed by atoms with E-state index in [1.165, 1.54) is 37.7 Å². The minimum atomic E-state index is -4.71. The maximum absolute atomic E-state index is 12.2. The number of hydrogen-bond acceptors (Lipinski definition) is 5. The highest BCUT2D eigenvalue weighted by Gasteiger charge is 2.30. The molecule has 0 amide bonds. The van der Waals surface area contributed by atoms with Gasteiger partial charge in [-0.3, -0.25) is 10.3 Å². The van der Waals surface area contributed by atoms with Gasteiger partial charge in [0.15, 0.2) is 0 Å². The lowest BCUT2D eigenvalue weighted by Crippen LogP contribution is -2.17. The average molecular weight is 354 g/mol. The van der Waals surface area contributed by atoms with E-state index in [2.05, 4.69) is 20.3 Å². The lowest BCUT2D eigenvalue weighted by Gasteiger charge is -2.14. The van der Waals surface area contributed by atoms with Crippen LogP contribution in [-0.2, 0) is 4.84 Å². The SMILES string of the molecule is CONC(C(C)=Cc1ccc(OC(F)(F)F)cc1)=C(C)n1cncn1. The van der Waals surface area contributed by atoms with Crippen LogP contribution in [0.2, 0.25) is 0 Å². The predicted molar refractivity (Wildman–Crippen MR) is 85.8 cm³/mol. The van der Waals surface area contributed by atoms with Crippen molar-refractivity contribution in [3.63, 3.8) is 0 Å². The van der Waals surface area contributed by atoms with E-state index in [1.807, 2.05) is 13.8 Å². The summed E-state index contributed by atoms with van der Waals surface area (Å²) in [5.41, 5.74) is 5.67. The fourth-order valence-corrected chi connectivity index (χ4v) is 2.13. The largest absolute Gasteiger partial charge is 0.573 e. The van der Waals surface area contributed by atoms with Crippen molar-refractivity contribution in [1.29, 1.82) is 0 Å². The minimum Gasteiger partial charge on any atom is -0.406 e. The van der Waals surface area contributed by atoms with E-state index in [4.69, 9.17) is 4.84 Å². The highest BCUT2D eigenvalue weighted by atomic mass is 19.4. The van der Waals surface area contributed by atoms with E-state index < -0.39 is 6.36 Å². The summed E-state index contributed by atoms with van der Waals surface area (Å²) in [6, 6.07) is 5.56. The van der Waals surface area contributed by atoms with Crippen molar-refractivity contribution in [2.24, 2.45) is 0 Å². The lowest BCUT2D eigenvalue weighted by molar-refractivity contribution is -0.274. The molecule has 0 bridgehead atoms. The van der Waals surface area contributed by atoms with E-state index in [0.29, 0.717) is 11.3 Å². The molecule has 9 heteroatoms. The highest BCUT2D eigenvalue weighted by molar-refractivity contribution is 5.64. The Morgan fingerprint density at radius 1 is 1.20 bits per heavy atom. The van der Waals surface area contributed by atoms with Gasteiger partial charge in [0.1, 0.15) is 18.4 Å². The molecule has 134 valence electrons. The summed E-state index contributed by atoms with van der Waals surface area (Å²) in [6.07, 6.45) is 0.0369. The Kier molecular flexibility index (Phi) is 5.81. The van der Waals surface area contributed by atoms with Crippen LogP contribution in [0.1, 0.15) is 19.4 Å². The quantitative estimate of drug-likeness (QED) is 0.634. The smallest absolute Gasteiger partial charge is 0.406 e. The second-order valence-electron chi connectivity index (χ2n) is 5.05. The van der Waals surface area contributed by atoms with E-state index >= 15 is 0 Å². The van der Waals surface area contributed by atoms with Crippen LogP contribution in [0.5, 0.6) is 5.75 Å². The fraction of sp³-hybridized carbons (Fsp3) is 0.250. The zero-order valence-electron chi connectivity index (χ0n) is 13.8. The van der Waals surface area contributed by atoms with Crippen molar-refractivity contribution in [3.8, 4) is 5.75 Å². The number of aromatic nitrogens is 3. The monoisotopic (exact) mass is 354 g/mol. The molecule has 0 atom stereocenters. The zero-order valence-corrected chi connectivity index (χ0v) is 13.8. The first-order valence-corrected chi connectivity index (χ1v) is 7.19. The van der Waals surface area contributed by atoms with E-state index in [0.717, 1.165) is 11.3 Å². The topological polar surface area (TPSA) is 61.2 Å². The molecule has 2 aromatic rings. The van der Waals surface area contributed by atoms with Crippen LogP contribution in [0.4, 0.5) is 13.2 Å². The average Bonchev–Trinajstić information content (AvgIpc) is 3.07. The van der Waals surface area contributed by atoms with E-state index in [1.54, 1.807) is 17.1 Å². The molecule has 2 rings (SSSR count). The number of hydroxylamine groups is 1. The molecule has 1 heterocycles. The third-order valence-corrected chi connectivity index (χ3v) is 3.22. The first-order chi connectivity index (χ1) is 11.8. The Morgan fingerprint density at radius 2 is 1.88 bits per heavy atom. The van der Waals surface area contributed by atoms with Gasteiger partial charge in [0.2, 0.25) is 0 Å². The van der Waals surface area contributed by atoms with Crippen LogP contribution in [0.3, 0.4) is 0 Å². The van der Waals surface area contributed by atoms with Gasteiger partial charge in [-0.05, 0) is 43.2 Å². The number of halogens is 3. The van der Waals surface area contributed by atoms with Gasteiger partial charge in [-0.15, -0.1) is 13.2 Å². The molecular formula is C16H17F3N4O2. The third kappa shape index (κ3) is 5.35. The number of nitrogens with one attached hydrogen (secondary N) is 1. The number of hydrogen-bond donors (Lipinski definition) is 1. The number of rotatable bonds is 6. The normalized spacial score (nSPS) is 13.4. The molecular weight excluding hydrogens is 337 g/mol. The molecule has 1 aromatic heterocycles. The number of alkyl halides is 3. The summed E-state index contributed by atoms with van der Waals surface area (Å²) in [6.45, 7) is 3.66. The molecule has 0 spiro atoms. The maximum Gasteiger partial charge on any atom is 0.573 e. The second-order valence-corrected chi connectivity index (χ2v) is 5.05. The summed E-state index contributed by atoms with van der Waals surface area (Å²) in [5, 5.41) is 4.06. The number of allylic oxidation sites excluding steroid dienone is 2. The lowest BCUT2D eigenvalue weighted by atomic mass is 10.1. The van der Waals surface area contributed by atoms with Gasteiger partial charge in [-0.2, -0.15) is 5.10 Å². The molecule has 25 heavy (non-hydrogen) atoms. The van der Waals surface area contributed by atoms with Crippen molar-refractivity contribution in [2.75, 3.05) is 7.11 Å². The molecule has 0 saturated carbocycles. The molecule has 1 aromatic carbocycles. The van der Waals surface area contributed by atoms with Gasteiger partial charge in [-0.1, -0.05) is 12.1 Å². The molecule has 0 unspecified atom stereocenters. The summed E-state index contributed by atoms with van der Waals surface area (Å²) in [7, 11) is 1.48. The Balaban J connectivity index is 2.27. The summed E-state index contributed by atoms with van der Waals surface area (Å²) in [4.78, 5) is 8.89. The van der Waals surface area contributed by atoms with Crippen LogP contribution in [-0.4, -0.2) is 28.2 Å². The molecule has 1 N–H and O–H groups in total. The Bertz CT molecular complexity index is 751. The number of nitrogens with zero attached hydrogens (tertiary/aromatic N) is 3. The second kappa shape index (κ2) is 7.84. The standard InChI is InChI=1S/C16H17F3N4O2/c1-11(15(22-24-3)12(2)23-10-20-9-21-23)8-13-4-6-14(7-5-13)25-16(17,18)19/h4-10,22H,1-3H3. The first kappa shape index (κ1) is 18.5. The van der Waals surface area contributed by atoms with Gasteiger partial charge >= 0.3 is 6.36 Å². The van der Waals surface area contributed by atoms with Crippen LogP contribution in [0.15, 0.2) is 48.2 Å². The Labute approximate surface area is 142 Å². The summed E-state index contributed by atoms with van der Waals surface area (Å²) < 4.78 is 42.0. The zero-order chi connectivity index (χ0) is 18.4. The van der Waals surface area contributed by atoms with Crippen LogP contribution < -0.4 is 10.2 Å². The summed E-state index contributed by atoms with van der Waals surface area (Å²) >= 11 is 0. The van der Waals surface area contributed by atoms with Gasteiger partial charge in [0.05, 0.1) is 18.5 Å². The van der Waals surface area contributed by atoms with Gasteiger partial charge in [0.25, 0.3) is 0 Å². The van der Waals surface area contributed by atoms with Gasteiger partial charge in [-0.25, -0.2) is 9.67 Å². The molecule has 0 fully saturated rings. The first-order valence-electron chi connectivity index (χ1n) is 7.19. The number of benzene rings is 1. The predicted octanol–water partition coefficient (Wildman–Crippen LogP) is 3.62.